The lowest BCUT2D eigenvalue weighted by Crippen LogP contribution is -2.33. The number of benzene rings is 2. The number of aliphatic hydroxyl groups is 3. The highest BCUT2D eigenvalue weighted by Crippen LogP contribution is 2.32. The summed E-state index contributed by atoms with van der Waals surface area (Å²) in [6.07, 6.45) is -1.18. The Morgan fingerprint density at radius 2 is 1.52 bits per heavy atom. The Hall–Kier alpha value is -3.70. The molecule has 1 aliphatic rings. The second kappa shape index (κ2) is 7.71. The molecule has 6 rings (SSSR count). The highest BCUT2D eigenvalue weighted by molar-refractivity contribution is 5.86. The maximum atomic E-state index is 10.4. The van der Waals surface area contributed by atoms with E-state index in [4.69, 9.17) is 4.74 Å². The van der Waals surface area contributed by atoms with Crippen molar-refractivity contribution in [2.24, 2.45) is 0 Å². The molecule has 2 aromatic carbocycles. The predicted molar refractivity (Wildman–Crippen MR) is 118 cm³/mol. The molecule has 0 saturated carbocycles. The molecule has 3 N–H and O–H groups in total. The number of ether oxygens (including phenoxy) is 1. The molecule has 0 spiro atoms. The van der Waals surface area contributed by atoms with Crippen LogP contribution in [0.4, 0.5) is 0 Å². The summed E-state index contributed by atoms with van der Waals surface area (Å²) < 4.78 is 8.90. The number of aliphatic hydroxyl groups excluding tert-OH is 3. The van der Waals surface area contributed by atoms with Gasteiger partial charge in [-0.1, -0.05) is 54.6 Å². The van der Waals surface area contributed by atoms with Gasteiger partial charge in [-0.25, -0.2) is 9.97 Å². The van der Waals surface area contributed by atoms with Gasteiger partial charge in [0.2, 0.25) is 0 Å². The van der Waals surface area contributed by atoms with E-state index in [1.165, 1.54) is 10.9 Å². The minimum atomic E-state index is -1.23. The maximum Gasteiger partial charge on any atom is 0.192 e. The SMILES string of the molecule is OC[C@H]1O[C@@H](n2cnc3c2ncn2c(-c4ccc(-c5ccccc5)cc4)nnc32)[C@@H](O)C1O. The van der Waals surface area contributed by atoms with E-state index in [9.17, 15) is 15.3 Å². The van der Waals surface area contributed by atoms with Crippen molar-refractivity contribution >= 4 is 16.8 Å². The van der Waals surface area contributed by atoms with Gasteiger partial charge < -0.3 is 20.1 Å². The van der Waals surface area contributed by atoms with Crippen LogP contribution in [0.3, 0.4) is 0 Å². The molecule has 1 unspecified atom stereocenters. The van der Waals surface area contributed by atoms with Crippen molar-refractivity contribution < 1.29 is 20.1 Å². The molecule has 0 aliphatic carbocycles. The first-order valence-corrected chi connectivity index (χ1v) is 10.5. The van der Waals surface area contributed by atoms with E-state index in [1.807, 2.05) is 42.5 Å². The van der Waals surface area contributed by atoms with Crippen LogP contribution >= 0.6 is 0 Å². The molecule has 1 fully saturated rings. The van der Waals surface area contributed by atoms with Crippen LogP contribution in [-0.2, 0) is 4.74 Å². The topological polar surface area (TPSA) is 131 Å². The summed E-state index contributed by atoms with van der Waals surface area (Å²) in [4.78, 5) is 8.90. The third-order valence-electron chi connectivity index (χ3n) is 6.01. The van der Waals surface area contributed by atoms with Crippen molar-refractivity contribution in [1.82, 2.24) is 29.1 Å². The van der Waals surface area contributed by atoms with Crippen LogP contribution in [-0.4, -0.2) is 69.4 Å². The second-order valence-corrected chi connectivity index (χ2v) is 7.96. The van der Waals surface area contributed by atoms with Gasteiger partial charge in [-0.15, -0.1) is 10.2 Å². The number of fused-ring (bicyclic) bond motifs is 3. The van der Waals surface area contributed by atoms with Crippen LogP contribution < -0.4 is 0 Å². The molecule has 3 aromatic heterocycles. The Morgan fingerprint density at radius 3 is 2.24 bits per heavy atom. The smallest absolute Gasteiger partial charge is 0.192 e. The summed E-state index contributed by atoms with van der Waals surface area (Å²) >= 11 is 0. The lowest BCUT2D eigenvalue weighted by molar-refractivity contribution is -0.0511. The fourth-order valence-corrected chi connectivity index (χ4v) is 4.25. The molecular formula is C23H20N6O4. The summed E-state index contributed by atoms with van der Waals surface area (Å²) in [5, 5.41) is 38.5. The molecule has 10 nitrogen and oxygen atoms in total. The molecular weight excluding hydrogens is 424 g/mol. The fourth-order valence-electron chi connectivity index (χ4n) is 4.25. The Labute approximate surface area is 187 Å². The van der Waals surface area contributed by atoms with Crippen molar-refractivity contribution in [1.29, 1.82) is 0 Å². The molecule has 4 heterocycles. The summed E-state index contributed by atoms with van der Waals surface area (Å²) in [5.41, 5.74) is 4.53. The van der Waals surface area contributed by atoms with E-state index >= 15 is 0 Å². The van der Waals surface area contributed by atoms with E-state index in [0.29, 0.717) is 22.6 Å². The Morgan fingerprint density at radius 1 is 0.788 bits per heavy atom. The lowest BCUT2D eigenvalue weighted by atomic mass is 10.0. The average molecular weight is 444 g/mol. The molecule has 0 bridgehead atoms. The summed E-state index contributed by atoms with van der Waals surface area (Å²) in [6, 6.07) is 18.2. The van der Waals surface area contributed by atoms with Crippen LogP contribution in [0.15, 0.2) is 67.3 Å². The van der Waals surface area contributed by atoms with E-state index < -0.39 is 31.1 Å². The molecule has 0 radical (unpaired) electrons. The van der Waals surface area contributed by atoms with Crippen LogP contribution in [0, 0.1) is 0 Å². The molecule has 5 aromatic rings. The van der Waals surface area contributed by atoms with Crippen molar-refractivity contribution in [2.75, 3.05) is 6.61 Å². The van der Waals surface area contributed by atoms with Gasteiger partial charge in [0.05, 0.1) is 12.9 Å². The zero-order chi connectivity index (χ0) is 22.5. The molecule has 166 valence electrons. The minimum Gasteiger partial charge on any atom is -0.394 e. The van der Waals surface area contributed by atoms with Gasteiger partial charge in [0.25, 0.3) is 0 Å². The number of hydrogen-bond acceptors (Lipinski definition) is 8. The third kappa shape index (κ3) is 3.11. The first-order valence-electron chi connectivity index (χ1n) is 10.5. The van der Waals surface area contributed by atoms with Crippen LogP contribution in [0.1, 0.15) is 6.23 Å². The van der Waals surface area contributed by atoms with Crippen molar-refractivity contribution in [3.05, 3.63) is 67.3 Å². The summed E-state index contributed by atoms with van der Waals surface area (Å²) in [7, 11) is 0. The predicted octanol–water partition coefficient (Wildman–Crippen LogP) is 1.42. The number of rotatable bonds is 4. The maximum absolute atomic E-state index is 10.4. The quantitative estimate of drug-likeness (QED) is 0.379. The third-order valence-corrected chi connectivity index (χ3v) is 6.01. The standard InChI is InChI=1S/C23H20N6O4/c30-10-16-18(31)19(32)23(33-16)29-11-24-17-21(29)25-12-28-20(26-27-22(17)28)15-8-6-14(7-9-15)13-4-2-1-3-5-13/h1-9,11-12,16,18-19,23,30-32H,10H2/t16-,18?,19+,23-/m1/s1. The van der Waals surface area contributed by atoms with Crippen molar-refractivity contribution in [3.63, 3.8) is 0 Å². The van der Waals surface area contributed by atoms with Crippen molar-refractivity contribution in [3.8, 4) is 22.5 Å². The minimum absolute atomic E-state index is 0.407. The van der Waals surface area contributed by atoms with E-state index in [1.54, 1.807) is 10.7 Å². The van der Waals surface area contributed by atoms with Gasteiger partial charge in [0.1, 0.15) is 24.6 Å². The number of imidazole rings is 1. The largest absolute Gasteiger partial charge is 0.394 e. The summed E-state index contributed by atoms with van der Waals surface area (Å²) in [5.74, 6) is 0.626. The molecule has 4 atom stereocenters. The number of aromatic nitrogens is 6. The monoisotopic (exact) mass is 444 g/mol. The van der Waals surface area contributed by atoms with Crippen LogP contribution in [0.5, 0.6) is 0 Å². The normalized spacial score (nSPS) is 23.0. The van der Waals surface area contributed by atoms with Gasteiger partial charge in [-0.3, -0.25) is 8.97 Å². The van der Waals surface area contributed by atoms with E-state index in [0.717, 1.165) is 16.7 Å². The Balaban J connectivity index is 1.38. The summed E-state index contributed by atoms with van der Waals surface area (Å²) in [6.45, 7) is -0.407. The molecule has 10 heteroatoms. The van der Waals surface area contributed by atoms with Gasteiger partial charge in [-0.05, 0) is 11.1 Å². The first kappa shape index (κ1) is 19.9. The van der Waals surface area contributed by atoms with E-state index in [-0.39, 0.29) is 0 Å². The van der Waals surface area contributed by atoms with Gasteiger partial charge in [0, 0.05) is 5.56 Å². The molecule has 1 aliphatic heterocycles. The van der Waals surface area contributed by atoms with Crippen LogP contribution in [0.2, 0.25) is 0 Å². The zero-order valence-electron chi connectivity index (χ0n) is 17.3. The van der Waals surface area contributed by atoms with E-state index in [2.05, 4.69) is 32.3 Å². The molecule has 1 saturated heterocycles. The van der Waals surface area contributed by atoms with Gasteiger partial charge in [0.15, 0.2) is 28.9 Å². The number of hydrogen-bond donors (Lipinski definition) is 3. The number of nitrogens with zero attached hydrogens (tertiary/aromatic N) is 6. The second-order valence-electron chi connectivity index (χ2n) is 7.96. The average Bonchev–Trinajstić information content (AvgIpc) is 3.55. The van der Waals surface area contributed by atoms with Gasteiger partial charge in [-0.2, -0.15) is 0 Å². The Bertz CT molecular complexity index is 1430. The molecule has 33 heavy (non-hydrogen) atoms. The van der Waals surface area contributed by atoms with Crippen molar-refractivity contribution in [2.45, 2.75) is 24.5 Å². The highest BCUT2D eigenvalue weighted by Gasteiger charge is 2.44. The first-order chi connectivity index (χ1) is 16.2. The zero-order valence-corrected chi connectivity index (χ0v) is 17.3. The highest BCUT2D eigenvalue weighted by atomic mass is 16.6. The van der Waals surface area contributed by atoms with Crippen LogP contribution in [0.25, 0.3) is 39.3 Å². The molecule has 0 amide bonds. The lowest BCUT2D eigenvalue weighted by Gasteiger charge is -2.16. The fraction of sp³-hybridized carbons (Fsp3) is 0.217. The van der Waals surface area contributed by atoms with Gasteiger partial charge >= 0.3 is 0 Å². The Kier molecular flexibility index (Phi) is 4.66.